The molecule has 30 heavy (non-hydrogen) atoms. The highest BCUT2D eigenvalue weighted by atomic mass is 16.2. The van der Waals surface area contributed by atoms with E-state index >= 15 is 0 Å². The monoisotopic (exact) mass is 409 g/mol. The molecule has 3 saturated heterocycles. The van der Waals surface area contributed by atoms with Crippen LogP contribution < -0.4 is 0 Å². The number of hydrogen-bond donors (Lipinski definition) is 0. The van der Waals surface area contributed by atoms with E-state index < -0.39 is 0 Å². The summed E-state index contributed by atoms with van der Waals surface area (Å²) in [6.45, 7) is 7.41. The van der Waals surface area contributed by atoms with Crippen molar-refractivity contribution in [3.63, 3.8) is 0 Å². The number of benzene rings is 1. The van der Waals surface area contributed by atoms with Crippen LogP contribution in [-0.2, 0) is 4.79 Å². The Morgan fingerprint density at radius 1 is 0.867 bits per heavy atom. The van der Waals surface area contributed by atoms with Crippen LogP contribution in [0.5, 0.6) is 0 Å². The van der Waals surface area contributed by atoms with E-state index in [-0.39, 0.29) is 5.91 Å². The van der Waals surface area contributed by atoms with Crippen molar-refractivity contribution < 1.29 is 4.79 Å². The minimum absolute atomic E-state index is 0.244. The number of amides is 1. The predicted molar refractivity (Wildman–Crippen MR) is 121 cm³/mol. The average Bonchev–Trinajstić information content (AvgIpc) is 2.79. The number of nitrogens with zero attached hydrogens (tertiary/aromatic N) is 3. The van der Waals surface area contributed by atoms with E-state index in [9.17, 15) is 4.79 Å². The molecular weight excluding hydrogens is 370 g/mol. The van der Waals surface area contributed by atoms with E-state index in [1.54, 1.807) is 12.5 Å². The molecule has 1 aromatic carbocycles. The van der Waals surface area contributed by atoms with Gasteiger partial charge in [0.1, 0.15) is 0 Å². The zero-order valence-corrected chi connectivity index (χ0v) is 18.8. The van der Waals surface area contributed by atoms with Crippen LogP contribution in [0.3, 0.4) is 0 Å². The summed E-state index contributed by atoms with van der Waals surface area (Å²) in [7, 11) is 0. The molecule has 4 fully saturated rings. The lowest BCUT2D eigenvalue weighted by Crippen LogP contribution is -2.64. The van der Waals surface area contributed by atoms with Gasteiger partial charge in [-0.05, 0) is 57.2 Å². The first-order valence-electron chi connectivity index (χ1n) is 12.5. The van der Waals surface area contributed by atoms with E-state index in [0.717, 1.165) is 32.0 Å². The molecule has 0 radical (unpaired) electrons. The first-order chi connectivity index (χ1) is 14.7. The largest absolute Gasteiger partial charge is 0.343 e. The van der Waals surface area contributed by atoms with Crippen LogP contribution in [-0.4, -0.2) is 65.4 Å². The fourth-order valence-electron chi connectivity index (χ4n) is 7.12. The van der Waals surface area contributed by atoms with E-state index in [1.165, 1.54) is 64.6 Å². The van der Waals surface area contributed by atoms with Crippen molar-refractivity contribution in [1.29, 1.82) is 0 Å². The predicted octanol–water partition coefficient (Wildman–Crippen LogP) is 4.47. The number of carbonyl (C=O) groups is 1. The minimum atomic E-state index is 0.244. The number of piperidine rings is 2. The zero-order valence-electron chi connectivity index (χ0n) is 18.8. The van der Waals surface area contributed by atoms with Gasteiger partial charge in [-0.3, -0.25) is 9.69 Å². The lowest BCUT2D eigenvalue weighted by Gasteiger charge is -2.63. The van der Waals surface area contributed by atoms with Gasteiger partial charge in [0.2, 0.25) is 5.91 Å². The molecule has 5 rings (SSSR count). The third kappa shape index (κ3) is 3.82. The Bertz CT molecular complexity index is 713. The van der Waals surface area contributed by atoms with Gasteiger partial charge >= 0.3 is 0 Å². The third-order valence-corrected chi connectivity index (χ3v) is 8.77. The number of rotatable bonds is 3. The Labute approximate surface area is 182 Å². The highest BCUT2D eigenvalue weighted by Crippen LogP contribution is 2.58. The van der Waals surface area contributed by atoms with Gasteiger partial charge in [0, 0.05) is 50.1 Å². The summed E-state index contributed by atoms with van der Waals surface area (Å²) in [5.41, 5.74) is 2.11. The lowest BCUT2D eigenvalue weighted by atomic mass is 9.60. The SMILES string of the molecule is CC(=O)N1CCC(N2CCC(N3CC4(CCCCC4)C3c3ccccc3)CC2)CC1. The van der Waals surface area contributed by atoms with Gasteiger partial charge < -0.3 is 9.80 Å². The van der Waals surface area contributed by atoms with Crippen LogP contribution in [0, 0.1) is 5.41 Å². The lowest BCUT2D eigenvalue weighted by molar-refractivity contribution is -0.136. The molecule has 1 atom stereocenters. The fourth-order valence-corrected chi connectivity index (χ4v) is 7.12. The molecule has 1 amide bonds. The third-order valence-electron chi connectivity index (χ3n) is 8.77. The van der Waals surface area contributed by atoms with Gasteiger partial charge in [-0.1, -0.05) is 49.6 Å². The Morgan fingerprint density at radius 2 is 1.50 bits per heavy atom. The highest BCUT2D eigenvalue weighted by molar-refractivity contribution is 5.73. The maximum atomic E-state index is 11.6. The molecule has 164 valence electrons. The van der Waals surface area contributed by atoms with Crippen LogP contribution in [0.15, 0.2) is 30.3 Å². The summed E-state index contributed by atoms with van der Waals surface area (Å²) in [5, 5.41) is 0. The van der Waals surface area contributed by atoms with Crippen molar-refractivity contribution in [2.24, 2.45) is 5.41 Å². The second-order valence-corrected chi connectivity index (χ2v) is 10.4. The molecular formula is C26H39N3O. The van der Waals surface area contributed by atoms with Gasteiger partial charge in [0.05, 0.1) is 0 Å². The van der Waals surface area contributed by atoms with Crippen molar-refractivity contribution in [3.8, 4) is 0 Å². The topological polar surface area (TPSA) is 26.8 Å². The molecule has 0 N–H and O–H groups in total. The summed E-state index contributed by atoms with van der Waals surface area (Å²) in [5.74, 6) is 0.244. The summed E-state index contributed by atoms with van der Waals surface area (Å²) < 4.78 is 0. The van der Waals surface area contributed by atoms with Crippen LogP contribution in [0.2, 0.25) is 0 Å². The maximum absolute atomic E-state index is 11.6. The first kappa shape index (κ1) is 20.5. The van der Waals surface area contributed by atoms with Crippen molar-refractivity contribution in [2.45, 2.75) is 82.8 Å². The van der Waals surface area contributed by atoms with Crippen molar-refractivity contribution >= 4 is 5.91 Å². The molecule has 1 unspecified atom stereocenters. The molecule has 1 spiro atoms. The summed E-state index contributed by atoms with van der Waals surface area (Å²) in [6, 6.07) is 13.5. The van der Waals surface area contributed by atoms with Crippen LogP contribution in [0.1, 0.15) is 76.3 Å². The quantitative estimate of drug-likeness (QED) is 0.737. The number of carbonyl (C=O) groups excluding carboxylic acids is 1. The van der Waals surface area contributed by atoms with Gasteiger partial charge in [-0.15, -0.1) is 0 Å². The zero-order chi connectivity index (χ0) is 20.6. The molecule has 3 aliphatic heterocycles. The normalized spacial score (nSPS) is 29.1. The van der Waals surface area contributed by atoms with E-state index in [2.05, 4.69) is 40.1 Å². The average molecular weight is 410 g/mol. The maximum Gasteiger partial charge on any atom is 0.219 e. The van der Waals surface area contributed by atoms with Gasteiger partial charge in [0.25, 0.3) is 0 Å². The Hall–Kier alpha value is -1.39. The van der Waals surface area contributed by atoms with E-state index in [4.69, 9.17) is 0 Å². The second kappa shape index (κ2) is 8.63. The summed E-state index contributed by atoms with van der Waals surface area (Å²) >= 11 is 0. The smallest absolute Gasteiger partial charge is 0.219 e. The summed E-state index contributed by atoms with van der Waals surface area (Å²) in [4.78, 5) is 19.3. The van der Waals surface area contributed by atoms with Crippen molar-refractivity contribution in [1.82, 2.24) is 14.7 Å². The molecule has 0 bridgehead atoms. The molecule has 1 aromatic rings. The van der Waals surface area contributed by atoms with Crippen molar-refractivity contribution in [3.05, 3.63) is 35.9 Å². The minimum Gasteiger partial charge on any atom is -0.343 e. The Morgan fingerprint density at radius 3 is 2.13 bits per heavy atom. The highest BCUT2D eigenvalue weighted by Gasteiger charge is 2.54. The summed E-state index contributed by atoms with van der Waals surface area (Å²) in [6.07, 6.45) is 12.1. The van der Waals surface area contributed by atoms with Crippen LogP contribution >= 0.6 is 0 Å². The first-order valence-corrected chi connectivity index (χ1v) is 12.5. The standard InChI is InChI=1S/C26H39N3O/c1-21(30)27-16-10-23(11-17-27)28-18-12-24(13-19-28)29-20-26(14-6-3-7-15-26)25(29)22-8-4-2-5-9-22/h2,4-5,8-9,23-25H,3,6-7,10-20H2,1H3. The molecule has 4 aliphatic rings. The van der Waals surface area contributed by atoms with Gasteiger partial charge in [-0.25, -0.2) is 0 Å². The molecule has 1 saturated carbocycles. The molecule has 1 aliphatic carbocycles. The molecule has 0 aromatic heterocycles. The molecule has 4 heteroatoms. The molecule has 3 heterocycles. The fraction of sp³-hybridized carbons (Fsp3) is 0.731. The second-order valence-electron chi connectivity index (χ2n) is 10.4. The number of likely N-dealkylation sites (tertiary alicyclic amines) is 3. The van der Waals surface area contributed by atoms with Crippen LogP contribution in [0.4, 0.5) is 0 Å². The Kier molecular flexibility index (Phi) is 5.90. The Balaban J connectivity index is 1.21. The van der Waals surface area contributed by atoms with Gasteiger partial charge in [0.15, 0.2) is 0 Å². The van der Waals surface area contributed by atoms with Gasteiger partial charge in [-0.2, -0.15) is 0 Å². The molecule has 4 nitrogen and oxygen atoms in total. The number of hydrogen-bond acceptors (Lipinski definition) is 3. The van der Waals surface area contributed by atoms with E-state index in [0.29, 0.717) is 17.5 Å². The van der Waals surface area contributed by atoms with Crippen molar-refractivity contribution in [2.75, 3.05) is 32.7 Å². The van der Waals surface area contributed by atoms with Crippen LogP contribution in [0.25, 0.3) is 0 Å². The van der Waals surface area contributed by atoms with E-state index in [1.807, 2.05) is 4.90 Å².